The molecule has 1 N–H and O–H groups in total. The molecule has 1 fully saturated rings. The Bertz CT molecular complexity index is 343. The maximum Gasteiger partial charge on any atom is 0.309 e. The first kappa shape index (κ1) is 13.8. The van der Waals surface area contributed by atoms with Crippen molar-refractivity contribution in [1.29, 1.82) is 5.26 Å². The largest absolute Gasteiger partial charge is 0.481 e. The third-order valence-electron chi connectivity index (χ3n) is 3.13. The number of hydrogen-bond acceptors (Lipinski definition) is 4. The topological polar surface area (TPSA) is 81.4 Å². The van der Waals surface area contributed by atoms with Crippen LogP contribution in [0.5, 0.6) is 0 Å². The van der Waals surface area contributed by atoms with Crippen molar-refractivity contribution in [2.24, 2.45) is 5.41 Å². The number of likely N-dealkylation sites (tertiary alicyclic amines) is 1. The van der Waals surface area contributed by atoms with Crippen molar-refractivity contribution in [1.82, 2.24) is 4.90 Å². The number of amides is 1. The fourth-order valence-electron chi connectivity index (χ4n) is 1.74. The summed E-state index contributed by atoms with van der Waals surface area (Å²) in [5, 5.41) is 17.4. The zero-order chi connectivity index (χ0) is 12.9. The molecule has 0 bridgehead atoms. The summed E-state index contributed by atoms with van der Waals surface area (Å²) in [6.45, 7) is 2.71. The van der Waals surface area contributed by atoms with E-state index in [2.05, 4.69) is 0 Å². The van der Waals surface area contributed by atoms with E-state index in [0.717, 1.165) is 0 Å². The molecule has 1 aliphatic rings. The minimum Gasteiger partial charge on any atom is -0.481 e. The molecule has 1 amide bonds. The van der Waals surface area contributed by atoms with Gasteiger partial charge in [0.1, 0.15) is 0 Å². The van der Waals surface area contributed by atoms with Crippen LogP contribution < -0.4 is 0 Å². The molecule has 1 rings (SSSR count). The van der Waals surface area contributed by atoms with Gasteiger partial charge in [-0.1, -0.05) is 0 Å². The monoisotopic (exact) mass is 256 g/mol. The van der Waals surface area contributed by atoms with Crippen LogP contribution in [0.2, 0.25) is 0 Å². The maximum absolute atomic E-state index is 11.7. The molecule has 5 nitrogen and oxygen atoms in total. The quantitative estimate of drug-likeness (QED) is 0.757. The third-order valence-corrected chi connectivity index (χ3v) is 3.91. The minimum atomic E-state index is -0.788. The summed E-state index contributed by atoms with van der Waals surface area (Å²) < 4.78 is 0. The van der Waals surface area contributed by atoms with Crippen molar-refractivity contribution in [3.05, 3.63) is 0 Å². The van der Waals surface area contributed by atoms with Crippen molar-refractivity contribution < 1.29 is 14.7 Å². The first-order chi connectivity index (χ1) is 7.99. The number of thioether (sulfide) groups is 1. The average molecular weight is 256 g/mol. The summed E-state index contributed by atoms with van der Waals surface area (Å²) in [6, 6.07) is 1.97. The molecule has 0 aromatic heterocycles. The van der Waals surface area contributed by atoms with Gasteiger partial charge in [-0.2, -0.15) is 5.26 Å². The number of carbonyl (C=O) groups excluding carboxylic acids is 1. The van der Waals surface area contributed by atoms with Crippen LogP contribution >= 0.6 is 11.8 Å². The first-order valence-corrected chi connectivity index (χ1v) is 6.61. The molecule has 0 aliphatic carbocycles. The Morgan fingerprint density at radius 1 is 1.47 bits per heavy atom. The van der Waals surface area contributed by atoms with E-state index in [9.17, 15) is 9.59 Å². The van der Waals surface area contributed by atoms with Crippen LogP contribution in [-0.4, -0.2) is 46.5 Å². The standard InChI is InChI=1S/C11H16N2O3S/c1-11(10(15)16)2-5-13(6-3-11)9(14)8-17-7-4-12/h2-3,5-8H2,1H3,(H,15,16). The highest BCUT2D eigenvalue weighted by Crippen LogP contribution is 2.31. The summed E-state index contributed by atoms with van der Waals surface area (Å²) in [6.07, 6.45) is 0.994. The van der Waals surface area contributed by atoms with Crippen LogP contribution in [0.4, 0.5) is 0 Å². The van der Waals surface area contributed by atoms with Crippen LogP contribution in [0.1, 0.15) is 19.8 Å². The molecule has 6 heteroatoms. The third kappa shape index (κ3) is 3.63. The Morgan fingerprint density at radius 3 is 2.53 bits per heavy atom. The zero-order valence-corrected chi connectivity index (χ0v) is 10.6. The summed E-state index contributed by atoms with van der Waals surface area (Å²) >= 11 is 1.29. The summed E-state index contributed by atoms with van der Waals surface area (Å²) in [5.41, 5.74) is -0.698. The van der Waals surface area contributed by atoms with E-state index in [-0.39, 0.29) is 5.91 Å². The van der Waals surface area contributed by atoms with Crippen molar-refractivity contribution in [3.63, 3.8) is 0 Å². The number of rotatable bonds is 4. The molecule has 1 heterocycles. The normalized spacial score (nSPS) is 18.5. The first-order valence-electron chi connectivity index (χ1n) is 5.45. The lowest BCUT2D eigenvalue weighted by molar-refractivity contribution is -0.152. The van der Waals surface area contributed by atoms with Crippen molar-refractivity contribution >= 4 is 23.6 Å². The van der Waals surface area contributed by atoms with E-state index >= 15 is 0 Å². The van der Waals surface area contributed by atoms with Crippen molar-refractivity contribution in [2.45, 2.75) is 19.8 Å². The van der Waals surface area contributed by atoms with Gasteiger partial charge in [-0.25, -0.2) is 0 Å². The SMILES string of the molecule is CC1(C(=O)O)CCN(C(=O)CSCC#N)CC1. The van der Waals surface area contributed by atoms with Crippen LogP contribution in [-0.2, 0) is 9.59 Å². The molecule has 0 spiro atoms. The van der Waals surface area contributed by atoms with Crippen LogP contribution in [0, 0.1) is 16.7 Å². The molecule has 1 aliphatic heterocycles. The molecule has 0 saturated carbocycles. The molecule has 17 heavy (non-hydrogen) atoms. The number of carboxylic acids is 1. The number of hydrogen-bond donors (Lipinski definition) is 1. The fraction of sp³-hybridized carbons (Fsp3) is 0.727. The van der Waals surface area contributed by atoms with Crippen molar-refractivity contribution in [2.75, 3.05) is 24.6 Å². The van der Waals surface area contributed by atoms with Gasteiger partial charge >= 0.3 is 5.97 Å². The summed E-state index contributed by atoms with van der Waals surface area (Å²) in [4.78, 5) is 24.4. The molecular formula is C11H16N2O3S. The van der Waals surface area contributed by atoms with E-state index in [1.807, 2.05) is 6.07 Å². The number of nitrogens with zero attached hydrogens (tertiary/aromatic N) is 2. The van der Waals surface area contributed by atoms with E-state index in [0.29, 0.717) is 37.4 Å². The lowest BCUT2D eigenvalue weighted by Crippen LogP contribution is -2.45. The van der Waals surface area contributed by atoms with Crippen LogP contribution in [0.25, 0.3) is 0 Å². The highest BCUT2D eigenvalue weighted by Gasteiger charge is 2.37. The Morgan fingerprint density at radius 2 is 2.06 bits per heavy atom. The van der Waals surface area contributed by atoms with Gasteiger partial charge < -0.3 is 10.0 Å². The second-order valence-corrected chi connectivity index (χ2v) is 5.38. The predicted octanol–water partition coefficient (Wildman–Crippen LogP) is 0.956. The number of piperidine rings is 1. The highest BCUT2D eigenvalue weighted by atomic mass is 32.2. The van der Waals surface area contributed by atoms with E-state index in [1.54, 1.807) is 11.8 Å². The number of nitriles is 1. The number of carboxylic acid groups (broad SMARTS) is 1. The minimum absolute atomic E-state index is 0.00214. The van der Waals surface area contributed by atoms with Gasteiger partial charge in [0.15, 0.2) is 0 Å². The van der Waals surface area contributed by atoms with Crippen LogP contribution in [0.15, 0.2) is 0 Å². The molecule has 0 aromatic rings. The molecule has 94 valence electrons. The smallest absolute Gasteiger partial charge is 0.309 e. The lowest BCUT2D eigenvalue weighted by Gasteiger charge is -2.36. The predicted molar refractivity (Wildman–Crippen MR) is 64.5 cm³/mol. The molecule has 1 saturated heterocycles. The van der Waals surface area contributed by atoms with Gasteiger partial charge in [0.2, 0.25) is 5.91 Å². The lowest BCUT2D eigenvalue weighted by atomic mass is 9.80. The van der Waals surface area contributed by atoms with Crippen LogP contribution in [0.3, 0.4) is 0 Å². The van der Waals surface area contributed by atoms with Gasteiger partial charge in [0.25, 0.3) is 0 Å². The van der Waals surface area contributed by atoms with E-state index < -0.39 is 11.4 Å². The van der Waals surface area contributed by atoms with Gasteiger partial charge in [-0.15, -0.1) is 11.8 Å². The molecule has 0 aromatic carbocycles. The molecular weight excluding hydrogens is 240 g/mol. The number of carbonyl (C=O) groups is 2. The van der Waals surface area contributed by atoms with Gasteiger partial charge in [0, 0.05) is 13.1 Å². The second-order valence-electron chi connectivity index (χ2n) is 4.40. The molecule has 0 unspecified atom stereocenters. The Hall–Kier alpha value is -1.22. The Balaban J connectivity index is 2.39. The van der Waals surface area contributed by atoms with E-state index in [4.69, 9.17) is 10.4 Å². The molecule has 0 radical (unpaired) electrons. The Kier molecular flexibility index (Phi) is 4.82. The van der Waals surface area contributed by atoms with Gasteiger partial charge in [-0.3, -0.25) is 9.59 Å². The summed E-state index contributed by atoms with van der Waals surface area (Å²) in [7, 11) is 0. The average Bonchev–Trinajstić information content (AvgIpc) is 2.30. The maximum atomic E-state index is 11.7. The zero-order valence-electron chi connectivity index (χ0n) is 9.81. The fourth-order valence-corrected chi connectivity index (χ4v) is 2.29. The Labute approximate surface area is 105 Å². The van der Waals surface area contributed by atoms with Gasteiger partial charge in [-0.05, 0) is 19.8 Å². The van der Waals surface area contributed by atoms with E-state index in [1.165, 1.54) is 11.8 Å². The second kappa shape index (κ2) is 5.92. The number of aliphatic carboxylic acids is 1. The summed E-state index contributed by atoms with van der Waals surface area (Å²) in [5.74, 6) is -0.176. The van der Waals surface area contributed by atoms with Crippen molar-refractivity contribution in [3.8, 4) is 6.07 Å². The van der Waals surface area contributed by atoms with Gasteiger partial charge in [0.05, 0.1) is 23.0 Å². The molecule has 0 atom stereocenters. The highest BCUT2D eigenvalue weighted by molar-refractivity contribution is 8.00.